The van der Waals surface area contributed by atoms with Gasteiger partial charge in [0.1, 0.15) is 12.3 Å². The Balaban J connectivity index is 1.68. The van der Waals surface area contributed by atoms with E-state index in [1.807, 2.05) is 6.92 Å². The van der Waals surface area contributed by atoms with Crippen molar-refractivity contribution in [3.63, 3.8) is 0 Å². The number of nitrogens with zero attached hydrogens (tertiary/aromatic N) is 3. The normalized spacial score (nSPS) is 10.5. The number of ether oxygens (including phenoxy) is 1. The molecule has 0 saturated heterocycles. The van der Waals surface area contributed by atoms with Gasteiger partial charge in [0.2, 0.25) is 5.91 Å². The zero-order valence-corrected chi connectivity index (χ0v) is 16.3. The van der Waals surface area contributed by atoms with Crippen LogP contribution in [-0.2, 0) is 11.3 Å². The minimum atomic E-state index is -1.09. The summed E-state index contributed by atoms with van der Waals surface area (Å²) in [5.41, 5.74) is 0.877. The van der Waals surface area contributed by atoms with Gasteiger partial charge in [-0.05, 0) is 38.1 Å². The van der Waals surface area contributed by atoms with Crippen molar-refractivity contribution in [3.8, 4) is 5.75 Å². The molecule has 10 heteroatoms. The number of anilines is 2. The van der Waals surface area contributed by atoms with Crippen LogP contribution >= 0.6 is 0 Å². The smallest absolute Gasteiger partial charge is 0.278 e. The molecule has 0 saturated carbocycles. The topological polar surface area (TPSA) is 98.1 Å². The van der Waals surface area contributed by atoms with Crippen LogP contribution in [0.25, 0.3) is 0 Å². The number of hydrogen-bond acceptors (Lipinski definition) is 5. The molecule has 3 aromatic rings. The fraction of sp³-hybridized carbons (Fsp3) is 0.200. The lowest BCUT2D eigenvalue weighted by Crippen LogP contribution is -2.21. The largest absolute Gasteiger partial charge is 0.492 e. The number of carbonyl (C=O) groups excluding carboxylic acids is 2. The first-order valence-corrected chi connectivity index (χ1v) is 9.07. The Morgan fingerprint density at radius 3 is 2.60 bits per heavy atom. The third-order valence-electron chi connectivity index (χ3n) is 4.13. The number of para-hydroxylation sites is 2. The third kappa shape index (κ3) is 4.77. The lowest BCUT2D eigenvalue weighted by atomic mass is 10.2. The highest BCUT2D eigenvalue weighted by molar-refractivity contribution is 6.03. The van der Waals surface area contributed by atoms with Gasteiger partial charge in [0.25, 0.3) is 5.91 Å². The second-order valence-corrected chi connectivity index (χ2v) is 6.24. The number of halogens is 2. The average molecular weight is 415 g/mol. The molecular formula is C20H19F2N5O3. The lowest BCUT2D eigenvalue weighted by molar-refractivity contribution is -0.117. The van der Waals surface area contributed by atoms with Crippen molar-refractivity contribution in [1.82, 2.24) is 15.0 Å². The van der Waals surface area contributed by atoms with E-state index >= 15 is 0 Å². The second kappa shape index (κ2) is 9.12. The van der Waals surface area contributed by atoms with Crippen LogP contribution in [0.5, 0.6) is 5.75 Å². The summed E-state index contributed by atoms with van der Waals surface area (Å²) in [5, 5.41) is 12.8. The van der Waals surface area contributed by atoms with Gasteiger partial charge in [-0.15, -0.1) is 5.10 Å². The third-order valence-corrected chi connectivity index (χ3v) is 4.13. The van der Waals surface area contributed by atoms with E-state index in [1.165, 1.54) is 10.7 Å². The minimum Gasteiger partial charge on any atom is -0.492 e. The van der Waals surface area contributed by atoms with Crippen molar-refractivity contribution in [1.29, 1.82) is 0 Å². The summed E-state index contributed by atoms with van der Waals surface area (Å²) in [5.74, 6) is -2.62. The molecule has 30 heavy (non-hydrogen) atoms. The van der Waals surface area contributed by atoms with Crippen molar-refractivity contribution in [2.24, 2.45) is 0 Å². The SMILES string of the molecule is CCOc1ccccc1NC(=O)Cn1nnc(C(=O)Nc2ccc(F)c(F)c2)c1C. The first kappa shape index (κ1) is 20.9. The Labute approximate surface area is 170 Å². The maximum absolute atomic E-state index is 13.3. The van der Waals surface area contributed by atoms with Gasteiger partial charge in [-0.3, -0.25) is 9.59 Å². The number of aromatic nitrogens is 3. The molecule has 0 fully saturated rings. The van der Waals surface area contributed by atoms with Crippen molar-refractivity contribution in [2.75, 3.05) is 17.2 Å². The van der Waals surface area contributed by atoms with E-state index in [1.54, 1.807) is 31.2 Å². The van der Waals surface area contributed by atoms with Gasteiger partial charge in [0.15, 0.2) is 17.3 Å². The lowest BCUT2D eigenvalue weighted by Gasteiger charge is -2.11. The Kier molecular flexibility index (Phi) is 6.35. The molecular weight excluding hydrogens is 396 g/mol. The molecule has 156 valence electrons. The van der Waals surface area contributed by atoms with Gasteiger partial charge in [0, 0.05) is 11.8 Å². The fourth-order valence-corrected chi connectivity index (χ4v) is 2.66. The molecule has 0 spiro atoms. The van der Waals surface area contributed by atoms with Crippen LogP contribution in [0.2, 0.25) is 0 Å². The summed E-state index contributed by atoms with van der Waals surface area (Å²) in [6, 6.07) is 9.98. The van der Waals surface area contributed by atoms with E-state index in [0.29, 0.717) is 23.7 Å². The summed E-state index contributed by atoms with van der Waals surface area (Å²) >= 11 is 0. The average Bonchev–Trinajstić information content (AvgIpc) is 3.07. The van der Waals surface area contributed by atoms with Crippen LogP contribution in [0.4, 0.5) is 20.2 Å². The van der Waals surface area contributed by atoms with E-state index in [2.05, 4.69) is 20.9 Å². The van der Waals surface area contributed by atoms with Gasteiger partial charge < -0.3 is 15.4 Å². The van der Waals surface area contributed by atoms with Crippen LogP contribution in [-0.4, -0.2) is 33.4 Å². The predicted octanol–water partition coefficient (Wildman–Crippen LogP) is 3.15. The molecule has 1 aromatic heterocycles. The zero-order valence-electron chi connectivity index (χ0n) is 16.3. The molecule has 2 amide bonds. The molecule has 0 atom stereocenters. The van der Waals surface area contributed by atoms with Crippen LogP contribution < -0.4 is 15.4 Å². The van der Waals surface area contributed by atoms with Crippen molar-refractivity contribution >= 4 is 23.2 Å². The highest BCUT2D eigenvalue weighted by Crippen LogP contribution is 2.23. The minimum absolute atomic E-state index is 0.0396. The number of benzene rings is 2. The number of carbonyl (C=O) groups is 2. The monoisotopic (exact) mass is 415 g/mol. The molecule has 0 unspecified atom stereocenters. The highest BCUT2D eigenvalue weighted by Gasteiger charge is 2.19. The Hall–Kier alpha value is -3.82. The van der Waals surface area contributed by atoms with Gasteiger partial charge in [-0.2, -0.15) is 0 Å². The standard InChI is InChI=1S/C20H19F2N5O3/c1-3-30-17-7-5-4-6-16(17)24-18(28)11-27-12(2)19(25-26-27)20(29)23-13-8-9-14(21)15(22)10-13/h4-10H,3,11H2,1-2H3,(H,23,29)(H,24,28). The molecule has 2 N–H and O–H groups in total. The fourth-order valence-electron chi connectivity index (χ4n) is 2.66. The summed E-state index contributed by atoms with van der Waals surface area (Å²) in [7, 11) is 0. The molecule has 8 nitrogen and oxygen atoms in total. The first-order valence-electron chi connectivity index (χ1n) is 9.07. The quantitative estimate of drug-likeness (QED) is 0.618. The van der Waals surface area contributed by atoms with Crippen LogP contribution in [0.15, 0.2) is 42.5 Å². The maximum Gasteiger partial charge on any atom is 0.278 e. The van der Waals surface area contributed by atoms with E-state index in [-0.39, 0.29) is 23.8 Å². The number of hydrogen-bond donors (Lipinski definition) is 2. The number of amides is 2. The Morgan fingerprint density at radius 2 is 1.87 bits per heavy atom. The Morgan fingerprint density at radius 1 is 1.10 bits per heavy atom. The van der Waals surface area contributed by atoms with Crippen LogP contribution in [0.1, 0.15) is 23.1 Å². The summed E-state index contributed by atoms with van der Waals surface area (Å²) in [6.45, 7) is 3.68. The van der Waals surface area contributed by atoms with Crippen molar-refractivity contribution in [3.05, 3.63) is 65.5 Å². The van der Waals surface area contributed by atoms with Gasteiger partial charge in [0.05, 0.1) is 18.0 Å². The summed E-state index contributed by atoms with van der Waals surface area (Å²) < 4.78 is 33.0. The van der Waals surface area contributed by atoms with Crippen molar-refractivity contribution < 1.29 is 23.1 Å². The van der Waals surface area contributed by atoms with Crippen LogP contribution in [0.3, 0.4) is 0 Å². The van der Waals surface area contributed by atoms with Crippen molar-refractivity contribution in [2.45, 2.75) is 20.4 Å². The van der Waals surface area contributed by atoms with E-state index in [9.17, 15) is 18.4 Å². The van der Waals surface area contributed by atoms with Gasteiger partial charge in [-0.25, -0.2) is 13.5 Å². The number of nitrogens with one attached hydrogen (secondary N) is 2. The van der Waals surface area contributed by atoms with E-state index < -0.39 is 17.5 Å². The van der Waals surface area contributed by atoms with E-state index in [0.717, 1.165) is 12.1 Å². The summed E-state index contributed by atoms with van der Waals surface area (Å²) in [4.78, 5) is 24.8. The zero-order chi connectivity index (χ0) is 21.7. The predicted molar refractivity (Wildman–Crippen MR) is 105 cm³/mol. The molecule has 1 heterocycles. The molecule has 0 aliphatic heterocycles. The molecule has 2 aromatic carbocycles. The second-order valence-electron chi connectivity index (χ2n) is 6.24. The number of rotatable bonds is 7. The molecule has 0 radical (unpaired) electrons. The molecule has 0 aliphatic rings. The molecule has 0 aliphatic carbocycles. The summed E-state index contributed by atoms with van der Waals surface area (Å²) in [6.07, 6.45) is 0. The van der Waals surface area contributed by atoms with Crippen LogP contribution in [0, 0.1) is 18.6 Å². The van der Waals surface area contributed by atoms with Gasteiger partial charge in [-0.1, -0.05) is 17.3 Å². The highest BCUT2D eigenvalue weighted by atomic mass is 19.2. The van der Waals surface area contributed by atoms with E-state index in [4.69, 9.17) is 4.74 Å². The first-order chi connectivity index (χ1) is 14.4. The van der Waals surface area contributed by atoms with Gasteiger partial charge >= 0.3 is 0 Å². The molecule has 3 rings (SSSR count). The Bertz CT molecular complexity index is 1080. The maximum atomic E-state index is 13.3. The molecule has 0 bridgehead atoms.